The Morgan fingerprint density at radius 2 is 1.30 bits per heavy atom. The van der Waals surface area contributed by atoms with Crippen LogP contribution in [0, 0.1) is 27.7 Å². The van der Waals surface area contributed by atoms with Crippen LogP contribution in [0.2, 0.25) is 0 Å². The van der Waals surface area contributed by atoms with E-state index in [1.165, 1.54) is 16.7 Å². The van der Waals surface area contributed by atoms with Crippen LogP contribution in [0.4, 0.5) is 0 Å². The highest BCUT2D eigenvalue weighted by Crippen LogP contribution is 2.43. The van der Waals surface area contributed by atoms with Gasteiger partial charge in [-0.05, 0) is 38.5 Å². The van der Waals surface area contributed by atoms with Gasteiger partial charge in [-0.3, -0.25) is 0 Å². The summed E-state index contributed by atoms with van der Waals surface area (Å²) in [6, 6.07) is 23.5. The number of fused-ring (bicyclic) bond motifs is 1. The van der Waals surface area contributed by atoms with Crippen molar-refractivity contribution >= 4 is 10.9 Å². The van der Waals surface area contributed by atoms with Crippen molar-refractivity contribution in [3.05, 3.63) is 89.3 Å². The first-order chi connectivity index (χ1) is 14.5. The van der Waals surface area contributed by atoms with E-state index in [2.05, 4.69) is 92.5 Å². The molecule has 3 aromatic carbocycles. The van der Waals surface area contributed by atoms with Crippen LogP contribution < -0.4 is 0 Å². The summed E-state index contributed by atoms with van der Waals surface area (Å²) in [6.45, 7) is 8.23. The van der Waals surface area contributed by atoms with Crippen molar-refractivity contribution < 1.29 is 4.42 Å². The van der Waals surface area contributed by atoms with Gasteiger partial charge in [0.05, 0.1) is 11.3 Å². The summed E-state index contributed by atoms with van der Waals surface area (Å²) < 4.78 is 6.25. The van der Waals surface area contributed by atoms with Gasteiger partial charge in [0.15, 0.2) is 11.7 Å². The fraction of sp³-hybridized carbons (Fsp3) is 0.148. The normalized spacial score (nSPS) is 11.3. The van der Waals surface area contributed by atoms with Crippen molar-refractivity contribution in [1.29, 1.82) is 0 Å². The topological polar surface area (TPSA) is 41.8 Å². The molecule has 148 valence electrons. The van der Waals surface area contributed by atoms with Gasteiger partial charge in [-0.25, -0.2) is 4.98 Å². The summed E-state index contributed by atoms with van der Waals surface area (Å²) in [6.07, 6.45) is 0. The first-order valence-electron chi connectivity index (χ1n) is 10.2. The van der Waals surface area contributed by atoms with Crippen LogP contribution in [0.3, 0.4) is 0 Å². The Kier molecular flexibility index (Phi) is 4.32. The summed E-state index contributed by atoms with van der Waals surface area (Å²) in [5, 5.41) is 1.15. The van der Waals surface area contributed by atoms with Crippen molar-refractivity contribution in [2.45, 2.75) is 27.7 Å². The minimum Gasteiger partial charge on any atom is -0.440 e. The number of H-pyrrole nitrogens is 1. The number of aromatic nitrogens is 2. The fourth-order valence-electron chi connectivity index (χ4n) is 3.98. The van der Waals surface area contributed by atoms with Gasteiger partial charge in [0.2, 0.25) is 0 Å². The van der Waals surface area contributed by atoms with Crippen molar-refractivity contribution in [2.24, 2.45) is 0 Å². The maximum Gasteiger partial charge on any atom is 0.192 e. The Balaban J connectivity index is 1.83. The van der Waals surface area contributed by atoms with Gasteiger partial charge in [-0.2, -0.15) is 0 Å². The molecule has 3 heteroatoms. The second-order valence-electron chi connectivity index (χ2n) is 8.07. The number of aromatic amines is 1. The largest absolute Gasteiger partial charge is 0.440 e. The second-order valence-corrected chi connectivity index (χ2v) is 8.07. The highest BCUT2D eigenvalue weighted by molar-refractivity contribution is 6.05. The number of nitrogens with one attached hydrogen (secondary N) is 1. The molecule has 1 N–H and O–H groups in total. The average molecular weight is 393 g/mol. The molecule has 0 atom stereocenters. The van der Waals surface area contributed by atoms with E-state index in [4.69, 9.17) is 9.40 Å². The lowest BCUT2D eigenvalue weighted by atomic mass is 9.98. The van der Waals surface area contributed by atoms with Gasteiger partial charge < -0.3 is 9.40 Å². The zero-order valence-corrected chi connectivity index (χ0v) is 17.7. The zero-order chi connectivity index (χ0) is 20.8. The lowest BCUT2D eigenvalue weighted by molar-refractivity contribution is 0.535. The molecular weight excluding hydrogens is 368 g/mol. The third-order valence-corrected chi connectivity index (χ3v) is 5.58. The van der Waals surface area contributed by atoms with Crippen molar-refractivity contribution in [3.63, 3.8) is 0 Å². The predicted octanol–water partition coefficient (Wildman–Crippen LogP) is 7.39. The summed E-state index contributed by atoms with van der Waals surface area (Å²) >= 11 is 0. The Hall–Kier alpha value is -3.59. The Morgan fingerprint density at radius 3 is 1.97 bits per heavy atom. The lowest BCUT2D eigenvalue weighted by Crippen LogP contribution is -1.86. The number of aryl methyl sites for hydroxylation is 4. The molecule has 0 saturated carbocycles. The molecule has 0 spiro atoms. The highest BCUT2D eigenvalue weighted by Gasteiger charge is 2.23. The first kappa shape index (κ1) is 18.4. The van der Waals surface area contributed by atoms with Gasteiger partial charge in [-0.1, -0.05) is 71.3 Å². The number of hydrogen-bond donors (Lipinski definition) is 1. The van der Waals surface area contributed by atoms with Crippen LogP contribution >= 0.6 is 0 Å². The summed E-state index contributed by atoms with van der Waals surface area (Å²) in [7, 11) is 0. The number of rotatable bonds is 3. The third kappa shape index (κ3) is 3.13. The molecule has 3 nitrogen and oxygen atoms in total. The van der Waals surface area contributed by atoms with Crippen molar-refractivity contribution in [3.8, 4) is 33.8 Å². The third-order valence-electron chi connectivity index (χ3n) is 5.58. The van der Waals surface area contributed by atoms with E-state index < -0.39 is 0 Å². The fourth-order valence-corrected chi connectivity index (χ4v) is 3.98. The lowest BCUT2D eigenvalue weighted by Gasteiger charge is -2.06. The number of nitrogens with zero attached hydrogens (tertiary/aromatic N) is 1. The average Bonchev–Trinajstić information content (AvgIpc) is 3.29. The van der Waals surface area contributed by atoms with Crippen LogP contribution in [-0.2, 0) is 0 Å². The van der Waals surface area contributed by atoms with E-state index in [0.29, 0.717) is 5.89 Å². The summed E-state index contributed by atoms with van der Waals surface area (Å²) in [5.41, 5.74) is 9.96. The molecule has 30 heavy (non-hydrogen) atoms. The van der Waals surface area contributed by atoms with Crippen molar-refractivity contribution in [2.75, 3.05) is 0 Å². The Bertz CT molecular complexity index is 1350. The van der Waals surface area contributed by atoms with E-state index in [1.54, 1.807) is 0 Å². The molecule has 0 radical (unpaired) electrons. The maximum atomic E-state index is 6.25. The van der Waals surface area contributed by atoms with Gasteiger partial charge >= 0.3 is 0 Å². The molecule has 0 amide bonds. The molecule has 5 aromatic rings. The zero-order valence-electron chi connectivity index (χ0n) is 17.7. The minimum atomic E-state index is 0.664. The minimum absolute atomic E-state index is 0.664. The number of hydrogen-bond acceptors (Lipinski definition) is 2. The highest BCUT2D eigenvalue weighted by atomic mass is 16.4. The Labute approximate surface area is 176 Å². The molecule has 0 aliphatic rings. The smallest absolute Gasteiger partial charge is 0.192 e. The van der Waals surface area contributed by atoms with Crippen molar-refractivity contribution in [1.82, 2.24) is 9.97 Å². The van der Waals surface area contributed by atoms with Gasteiger partial charge in [0.1, 0.15) is 5.69 Å². The van der Waals surface area contributed by atoms with E-state index in [-0.39, 0.29) is 0 Å². The number of oxazole rings is 1. The molecule has 0 aliphatic carbocycles. The second kappa shape index (κ2) is 7.03. The van der Waals surface area contributed by atoms with E-state index in [9.17, 15) is 0 Å². The standard InChI is InChI=1S/C27H24N2O/c1-16-5-10-20(11-6-16)25-24(22-15-18(3)9-14-23(22)29-25)27-26(28-19(4)30-27)21-12-7-17(2)8-13-21/h5-15,29H,1-4H3. The number of benzene rings is 3. The van der Waals surface area contributed by atoms with Gasteiger partial charge in [-0.15, -0.1) is 0 Å². The van der Waals surface area contributed by atoms with Crippen LogP contribution in [0.1, 0.15) is 22.6 Å². The molecule has 5 rings (SSSR count). The first-order valence-corrected chi connectivity index (χ1v) is 10.2. The van der Waals surface area contributed by atoms with Gasteiger partial charge in [0.25, 0.3) is 0 Å². The molecule has 2 aromatic heterocycles. The SMILES string of the molecule is Cc1ccc(-c2nc(C)oc2-c2c(-c3ccc(C)cc3)[nH]c3ccc(C)cc23)cc1. The van der Waals surface area contributed by atoms with E-state index in [1.807, 2.05) is 6.92 Å². The molecule has 0 unspecified atom stereocenters. The van der Waals surface area contributed by atoms with E-state index in [0.717, 1.165) is 44.7 Å². The van der Waals surface area contributed by atoms with Crippen LogP contribution in [0.25, 0.3) is 44.7 Å². The van der Waals surface area contributed by atoms with Crippen LogP contribution in [-0.4, -0.2) is 9.97 Å². The van der Waals surface area contributed by atoms with E-state index >= 15 is 0 Å². The molecule has 0 aliphatic heterocycles. The molecular formula is C27H24N2O. The monoisotopic (exact) mass is 392 g/mol. The molecule has 0 fully saturated rings. The summed E-state index contributed by atoms with van der Waals surface area (Å²) in [4.78, 5) is 8.40. The molecule has 2 heterocycles. The van der Waals surface area contributed by atoms with Crippen LogP contribution in [0.5, 0.6) is 0 Å². The van der Waals surface area contributed by atoms with Crippen LogP contribution in [0.15, 0.2) is 71.1 Å². The molecule has 0 saturated heterocycles. The van der Waals surface area contributed by atoms with Gasteiger partial charge in [0, 0.05) is 23.4 Å². The molecule has 0 bridgehead atoms. The Morgan fingerprint density at radius 1 is 0.700 bits per heavy atom. The predicted molar refractivity (Wildman–Crippen MR) is 124 cm³/mol. The quantitative estimate of drug-likeness (QED) is 0.348. The maximum absolute atomic E-state index is 6.25. The summed E-state index contributed by atoms with van der Waals surface area (Å²) in [5.74, 6) is 1.47.